The van der Waals surface area contributed by atoms with Crippen molar-refractivity contribution < 1.29 is 19.2 Å². The fourth-order valence-electron chi connectivity index (χ4n) is 2.98. The van der Waals surface area contributed by atoms with Gasteiger partial charge in [-0.2, -0.15) is 0 Å². The lowest BCUT2D eigenvalue weighted by atomic mass is 10.1. The molecule has 0 radical (unpaired) electrons. The molecule has 2 aromatic carbocycles. The maximum Gasteiger partial charge on any atom is 0.270 e. The van der Waals surface area contributed by atoms with E-state index in [0.29, 0.717) is 12.4 Å². The monoisotopic (exact) mass is 390 g/mol. The van der Waals surface area contributed by atoms with Gasteiger partial charge in [0.2, 0.25) is 0 Å². The van der Waals surface area contributed by atoms with E-state index in [1.165, 1.54) is 12.1 Å². The van der Waals surface area contributed by atoms with Crippen LogP contribution in [0.25, 0.3) is 0 Å². The van der Waals surface area contributed by atoms with E-state index < -0.39 is 10.8 Å². The minimum atomic E-state index is -0.570. The van der Waals surface area contributed by atoms with Crippen LogP contribution in [0, 0.1) is 10.1 Å². The highest BCUT2D eigenvalue weighted by Crippen LogP contribution is 2.35. The van der Waals surface area contributed by atoms with Gasteiger partial charge in [-0.05, 0) is 32.0 Å². The van der Waals surface area contributed by atoms with Crippen molar-refractivity contribution in [3.05, 3.63) is 62.2 Å². The molecule has 1 amide bonds. The standard InChI is InChI=1S/C19H19ClN2O5/c1-3-26-17-7-12-6-11(2)27-18(12)8-13(17)10-21-19(23)15-9-14(22(24)25)4-5-16(15)20/h4-5,7-9,11H,3,6,10H2,1-2H3,(H,21,23)/t11-/m1/s1. The van der Waals surface area contributed by atoms with Crippen LogP contribution in [0.15, 0.2) is 30.3 Å². The van der Waals surface area contributed by atoms with Crippen molar-refractivity contribution in [2.75, 3.05) is 6.61 Å². The number of nitro groups is 1. The van der Waals surface area contributed by atoms with Crippen LogP contribution in [0.5, 0.6) is 11.5 Å². The molecular formula is C19H19ClN2O5. The molecule has 0 saturated heterocycles. The van der Waals surface area contributed by atoms with Gasteiger partial charge in [-0.3, -0.25) is 14.9 Å². The minimum Gasteiger partial charge on any atom is -0.494 e. The number of ether oxygens (including phenoxy) is 2. The summed E-state index contributed by atoms with van der Waals surface area (Å²) in [5, 5.41) is 13.8. The van der Waals surface area contributed by atoms with E-state index in [-0.39, 0.29) is 28.9 Å². The van der Waals surface area contributed by atoms with E-state index >= 15 is 0 Å². The third-order valence-corrected chi connectivity index (χ3v) is 4.55. The molecule has 0 aromatic heterocycles. The first-order valence-electron chi connectivity index (χ1n) is 8.56. The van der Waals surface area contributed by atoms with Crippen molar-refractivity contribution in [3.8, 4) is 11.5 Å². The van der Waals surface area contributed by atoms with E-state index in [1.54, 1.807) is 0 Å². The first-order chi connectivity index (χ1) is 12.9. The van der Waals surface area contributed by atoms with Crippen LogP contribution in [0.1, 0.15) is 35.3 Å². The summed E-state index contributed by atoms with van der Waals surface area (Å²) >= 11 is 6.02. The number of carbonyl (C=O) groups is 1. The van der Waals surface area contributed by atoms with Crippen LogP contribution in [0.3, 0.4) is 0 Å². The van der Waals surface area contributed by atoms with Crippen LogP contribution < -0.4 is 14.8 Å². The first-order valence-corrected chi connectivity index (χ1v) is 8.94. The lowest BCUT2D eigenvalue weighted by molar-refractivity contribution is -0.384. The van der Waals surface area contributed by atoms with Gasteiger partial charge in [0.25, 0.3) is 11.6 Å². The number of nitrogens with zero attached hydrogens (tertiary/aromatic N) is 1. The van der Waals surface area contributed by atoms with Crippen molar-refractivity contribution in [1.29, 1.82) is 0 Å². The topological polar surface area (TPSA) is 90.7 Å². The highest BCUT2D eigenvalue weighted by molar-refractivity contribution is 6.33. The van der Waals surface area contributed by atoms with E-state index in [4.69, 9.17) is 21.1 Å². The molecule has 7 nitrogen and oxygen atoms in total. The Morgan fingerprint density at radius 1 is 1.41 bits per heavy atom. The lowest BCUT2D eigenvalue weighted by Gasteiger charge is -2.13. The zero-order valence-electron chi connectivity index (χ0n) is 15.0. The van der Waals surface area contributed by atoms with Gasteiger partial charge in [-0.15, -0.1) is 0 Å². The smallest absolute Gasteiger partial charge is 0.270 e. The molecule has 0 fully saturated rings. The summed E-state index contributed by atoms with van der Waals surface area (Å²) in [4.78, 5) is 22.8. The zero-order chi connectivity index (χ0) is 19.6. The predicted octanol–water partition coefficient (Wildman–Crippen LogP) is 3.90. The highest BCUT2D eigenvalue weighted by atomic mass is 35.5. The molecule has 0 saturated carbocycles. The van der Waals surface area contributed by atoms with Gasteiger partial charge in [0.15, 0.2) is 0 Å². The van der Waals surface area contributed by atoms with Gasteiger partial charge in [-0.25, -0.2) is 0 Å². The van der Waals surface area contributed by atoms with Crippen LogP contribution in [0.2, 0.25) is 5.02 Å². The fourth-order valence-corrected chi connectivity index (χ4v) is 3.18. The van der Waals surface area contributed by atoms with Gasteiger partial charge in [0.05, 0.1) is 22.1 Å². The maximum atomic E-state index is 12.5. The Labute approximate surface area is 161 Å². The average molecular weight is 391 g/mol. The Bertz CT molecular complexity index is 900. The lowest BCUT2D eigenvalue weighted by Crippen LogP contribution is -2.23. The number of benzene rings is 2. The number of hydrogen-bond acceptors (Lipinski definition) is 5. The van der Waals surface area contributed by atoms with Gasteiger partial charge in [0, 0.05) is 36.2 Å². The summed E-state index contributed by atoms with van der Waals surface area (Å²) < 4.78 is 11.5. The number of carbonyl (C=O) groups excluding carboxylic acids is 1. The Kier molecular flexibility index (Phi) is 5.51. The third-order valence-electron chi connectivity index (χ3n) is 4.22. The molecule has 1 aliphatic rings. The number of non-ortho nitro benzene ring substituents is 1. The second kappa shape index (κ2) is 7.84. The van der Waals surface area contributed by atoms with Crippen molar-refractivity contribution >= 4 is 23.2 Å². The summed E-state index contributed by atoms with van der Waals surface area (Å²) in [6.07, 6.45) is 0.911. The molecule has 142 valence electrons. The van der Waals surface area contributed by atoms with E-state index in [1.807, 2.05) is 26.0 Å². The quantitative estimate of drug-likeness (QED) is 0.596. The van der Waals surface area contributed by atoms with Crippen LogP contribution in [0.4, 0.5) is 5.69 Å². The molecule has 1 N–H and O–H groups in total. The predicted molar refractivity (Wildman–Crippen MR) is 101 cm³/mol. The van der Waals surface area contributed by atoms with Crippen molar-refractivity contribution in [1.82, 2.24) is 5.32 Å². The molecule has 27 heavy (non-hydrogen) atoms. The molecular weight excluding hydrogens is 372 g/mol. The SMILES string of the molecule is CCOc1cc2c(cc1CNC(=O)c1cc([N+](=O)[O-])ccc1Cl)O[C@H](C)C2. The number of halogens is 1. The minimum absolute atomic E-state index is 0.0508. The summed E-state index contributed by atoms with van der Waals surface area (Å²) in [6.45, 7) is 4.55. The number of nitro benzene ring substituents is 1. The first kappa shape index (κ1) is 19.0. The summed E-state index contributed by atoms with van der Waals surface area (Å²) in [7, 11) is 0. The largest absolute Gasteiger partial charge is 0.494 e. The number of nitrogens with one attached hydrogen (secondary N) is 1. The molecule has 1 heterocycles. The van der Waals surface area contributed by atoms with Crippen LogP contribution >= 0.6 is 11.6 Å². The van der Waals surface area contributed by atoms with E-state index in [2.05, 4.69) is 5.32 Å². The molecule has 0 aliphatic carbocycles. The Morgan fingerprint density at radius 3 is 2.89 bits per heavy atom. The molecule has 1 atom stereocenters. The van der Waals surface area contributed by atoms with E-state index in [9.17, 15) is 14.9 Å². The normalized spacial score (nSPS) is 15.0. The molecule has 0 spiro atoms. The number of fused-ring (bicyclic) bond motifs is 1. The second-order valence-electron chi connectivity index (χ2n) is 6.24. The molecule has 3 rings (SSSR count). The summed E-state index contributed by atoms with van der Waals surface area (Å²) in [5.74, 6) is 0.962. The summed E-state index contributed by atoms with van der Waals surface area (Å²) in [5.41, 5.74) is 1.69. The average Bonchev–Trinajstić information content (AvgIpc) is 2.98. The molecule has 0 bridgehead atoms. The Balaban J connectivity index is 1.80. The zero-order valence-corrected chi connectivity index (χ0v) is 15.7. The molecule has 2 aromatic rings. The van der Waals surface area contributed by atoms with Gasteiger partial charge in [0.1, 0.15) is 17.6 Å². The van der Waals surface area contributed by atoms with Gasteiger partial charge in [-0.1, -0.05) is 11.6 Å². The molecule has 8 heteroatoms. The van der Waals surface area contributed by atoms with Crippen LogP contribution in [-0.4, -0.2) is 23.5 Å². The Morgan fingerprint density at radius 2 is 2.19 bits per heavy atom. The van der Waals surface area contributed by atoms with Crippen molar-refractivity contribution in [2.24, 2.45) is 0 Å². The van der Waals surface area contributed by atoms with Gasteiger partial charge >= 0.3 is 0 Å². The fraction of sp³-hybridized carbons (Fsp3) is 0.316. The third kappa shape index (κ3) is 4.14. The van der Waals surface area contributed by atoms with Crippen molar-refractivity contribution in [2.45, 2.75) is 32.9 Å². The number of hydrogen-bond donors (Lipinski definition) is 1. The van der Waals surface area contributed by atoms with Gasteiger partial charge < -0.3 is 14.8 Å². The highest BCUT2D eigenvalue weighted by Gasteiger charge is 2.22. The molecule has 0 unspecified atom stereocenters. The van der Waals surface area contributed by atoms with Crippen LogP contribution in [-0.2, 0) is 13.0 Å². The number of amides is 1. The summed E-state index contributed by atoms with van der Waals surface area (Å²) in [6, 6.07) is 7.55. The maximum absolute atomic E-state index is 12.5. The van der Waals surface area contributed by atoms with E-state index in [0.717, 1.165) is 29.4 Å². The molecule has 1 aliphatic heterocycles. The Hall–Kier alpha value is -2.80. The van der Waals surface area contributed by atoms with Crippen molar-refractivity contribution in [3.63, 3.8) is 0 Å². The number of rotatable bonds is 6. The second-order valence-corrected chi connectivity index (χ2v) is 6.64.